The summed E-state index contributed by atoms with van der Waals surface area (Å²) in [5, 5.41) is 2.88. The Kier molecular flexibility index (Phi) is 6.03. The van der Waals surface area contributed by atoms with Crippen LogP contribution in [0, 0.1) is 0 Å². The highest BCUT2D eigenvalue weighted by atomic mass is 16.5. The van der Waals surface area contributed by atoms with E-state index in [1.165, 1.54) is 0 Å². The molecule has 4 nitrogen and oxygen atoms in total. The lowest BCUT2D eigenvalue weighted by molar-refractivity contribution is 0.102. The largest absolute Gasteiger partial charge is 0.494 e. The zero-order valence-electron chi connectivity index (χ0n) is 13.8. The van der Waals surface area contributed by atoms with E-state index < -0.39 is 0 Å². The van der Waals surface area contributed by atoms with Crippen molar-refractivity contribution in [3.63, 3.8) is 0 Å². The van der Waals surface area contributed by atoms with Crippen LogP contribution in [-0.2, 0) is 0 Å². The number of ether oxygens (including phenoxy) is 2. The van der Waals surface area contributed by atoms with Crippen LogP contribution in [-0.4, -0.2) is 18.6 Å². The Morgan fingerprint density at radius 1 is 1.09 bits per heavy atom. The Bertz CT molecular complexity index is 655. The van der Waals surface area contributed by atoms with E-state index in [-0.39, 0.29) is 12.0 Å². The summed E-state index contributed by atoms with van der Waals surface area (Å²) in [6.07, 6.45) is 1.07. The van der Waals surface area contributed by atoms with E-state index in [0.717, 1.165) is 12.2 Å². The van der Waals surface area contributed by atoms with E-state index in [2.05, 4.69) is 12.2 Å². The third-order valence-electron chi connectivity index (χ3n) is 3.41. The first-order chi connectivity index (χ1) is 11.1. The number of hydrogen-bond acceptors (Lipinski definition) is 3. The van der Waals surface area contributed by atoms with Gasteiger partial charge in [-0.1, -0.05) is 19.1 Å². The summed E-state index contributed by atoms with van der Waals surface area (Å²) in [7, 11) is 0. The summed E-state index contributed by atoms with van der Waals surface area (Å²) >= 11 is 0. The first-order valence-corrected chi connectivity index (χ1v) is 7.93. The summed E-state index contributed by atoms with van der Waals surface area (Å²) in [4.78, 5) is 12.4. The molecule has 0 saturated carbocycles. The summed E-state index contributed by atoms with van der Waals surface area (Å²) in [6, 6.07) is 14.6. The van der Waals surface area contributed by atoms with Gasteiger partial charge in [-0.15, -0.1) is 0 Å². The molecule has 4 heteroatoms. The Labute approximate surface area is 137 Å². The molecule has 1 atom stereocenters. The van der Waals surface area contributed by atoms with E-state index in [1.54, 1.807) is 12.1 Å². The number of carbonyl (C=O) groups excluding carboxylic acids is 1. The van der Waals surface area contributed by atoms with Gasteiger partial charge in [-0.3, -0.25) is 4.79 Å². The van der Waals surface area contributed by atoms with Crippen molar-refractivity contribution in [2.75, 3.05) is 11.9 Å². The van der Waals surface area contributed by atoms with Gasteiger partial charge in [0, 0.05) is 17.3 Å². The molecule has 0 aliphatic heterocycles. The van der Waals surface area contributed by atoms with Crippen molar-refractivity contribution in [3.05, 3.63) is 54.1 Å². The van der Waals surface area contributed by atoms with Crippen molar-refractivity contribution >= 4 is 11.6 Å². The number of rotatable bonds is 7. The molecule has 0 spiro atoms. The molecular weight excluding hydrogens is 290 g/mol. The lowest BCUT2D eigenvalue weighted by Crippen LogP contribution is -2.13. The van der Waals surface area contributed by atoms with E-state index in [4.69, 9.17) is 9.47 Å². The van der Waals surface area contributed by atoms with Crippen molar-refractivity contribution in [1.82, 2.24) is 0 Å². The molecule has 23 heavy (non-hydrogen) atoms. The lowest BCUT2D eigenvalue weighted by Gasteiger charge is -2.14. The fraction of sp³-hybridized carbons (Fsp3) is 0.316. The molecular formula is C19H23NO3. The molecule has 0 saturated heterocycles. The number of carbonyl (C=O) groups is 1. The molecule has 1 N–H and O–H groups in total. The Hall–Kier alpha value is -2.49. The summed E-state index contributed by atoms with van der Waals surface area (Å²) in [5.41, 5.74) is 1.27. The van der Waals surface area contributed by atoms with Crippen LogP contribution >= 0.6 is 0 Å². The average Bonchev–Trinajstić information content (AvgIpc) is 2.55. The molecule has 0 fully saturated rings. The standard InChI is InChI=1S/C19H23NO3/c1-4-14(3)23-18-11-7-9-16(13-18)20-19(21)15-8-6-10-17(12-15)22-5-2/h6-14H,4-5H2,1-3H3,(H,20,21). The van der Waals surface area contributed by atoms with Gasteiger partial charge in [-0.2, -0.15) is 0 Å². The molecule has 2 rings (SSSR count). The minimum Gasteiger partial charge on any atom is -0.494 e. The second kappa shape index (κ2) is 8.22. The van der Waals surface area contributed by atoms with Gasteiger partial charge < -0.3 is 14.8 Å². The molecule has 122 valence electrons. The third-order valence-corrected chi connectivity index (χ3v) is 3.41. The number of amides is 1. The maximum Gasteiger partial charge on any atom is 0.255 e. The molecule has 0 radical (unpaired) electrons. The molecule has 1 unspecified atom stereocenters. The van der Waals surface area contributed by atoms with E-state index in [0.29, 0.717) is 23.6 Å². The highest BCUT2D eigenvalue weighted by Gasteiger charge is 2.08. The normalized spacial score (nSPS) is 11.6. The number of hydrogen-bond donors (Lipinski definition) is 1. The molecule has 0 aliphatic carbocycles. The third kappa shape index (κ3) is 5.02. The van der Waals surface area contributed by atoms with Gasteiger partial charge in [0.2, 0.25) is 0 Å². The maximum absolute atomic E-state index is 12.4. The second-order valence-corrected chi connectivity index (χ2v) is 5.28. The number of nitrogens with one attached hydrogen (secondary N) is 1. The Morgan fingerprint density at radius 3 is 2.57 bits per heavy atom. The molecule has 2 aromatic rings. The molecule has 0 aliphatic rings. The minimum atomic E-state index is -0.174. The van der Waals surface area contributed by atoms with Crippen LogP contribution < -0.4 is 14.8 Å². The first kappa shape index (κ1) is 16.9. The monoisotopic (exact) mass is 313 g/mol. The highest BCUT2D eigenvalue weighted by molar-refractivity contribution is 6.04. The Morgan fingerprint density at radius 2 is 1.83 bits per heavy atom. The predicted molar refractivity (Wildman–Crippen MR) is 92.4 cm³/mol. The van der Waals surface area contributed by atoms with Gasteiger partial charge in [0.25, 0.3) is 5.91 Å². The van der Waals surface area contributed by atoms with Crippen molar-refractivity contribution < 1.29 is 14.3 Å². The van der Waals surface area contributed by atoms with Gasteiger partial charge in [0.15, 0.2) is 0 Å². The summed E-state index contributed by atoms with van der Waals surface area (Å²) < 4.78 is 11.2. The van der Waals surface area contributed by atoms with E-state index >= 15 is 0 Å². The minimum absolute atomic E-state index is 0.142. The van der Waals surface area contributed by atoms with Crippen LogP contribution in [0.25, 0.3) is 0 Å². The fourth-order valence-corrected chi connectivity index (χ4v) is 2.06. The van der Waals surface area contributed by atoms with Gasteiger partial charge in [0.05, 0.1) is 12.7 Å². The van der Waals surface area contributed by atoms with Crippen LogP contribution in [0.5, 0.6) is 11.5 Å². The highest BCUT2D eigenvalue weighted by Crippen LogP contribution is 2.20. The molecule has 0 heterocycles. The van der Waals surface area contributed by atoms with Crippen LogP contribution in [0.2, 0.25) is 0 Å². The van der Waals surface area contributed by atoms with Crippen LogP contribution in [0.1, 0.15) is 37.6 Å². The van der Waals surface area contributed by atoms with E-state index in [9.17, 15) is 4.79 Å². The fourth-order valence-electron chi connectivity index (χ4n) is 2.06. The summed E-state index contributed by atoms with van der Waals surface area (Å²) in [5.74, 6) is 1.27. The van der Waals surface area contributed by atoms with Crippen molar-refractivity contribution in [1.29, 1.82) is 0 Å². The SMILES string of the molecule is CCOc1cccc(C(=O)Nc2cccc(OC(C)CC)c2)c1. The van der Waals surface area contributed by atoms with Gasteiger partial charge >= 0.3 is 0 Å². The smallest absolute Gasteiger partial charge is 0.255 e. The number of benzene rings is 2. The van der Waals surface area contributed by atoms with Gasteiger partial charge in [-0.25, -0.2) is 0 Å². The van der Waals surface area contributed by atoms with Crippen molar-refractivity contribution in [2.24, 2.45) is 0 Å². The van der Waals surface area contributed by atoms with Gasteiger partial charge in [0.1, 0.15) is 11.5 Å². The summed E-state index contributed by atoms with van der Waals surface area (Å²) in [6.45, 7) is 6.57. The molecule has 0 bridgehead atoms. The topological polar surface area (TPSA) is 47.6 Å². The molecule has 0 aromatic heterocycles. The van der Waals surface area contributed by atoms with Gasteiger partial charge in [-0.05, 0) is 50.6 Å². The molecule has 2 aromatic carbocycles. The zero-order chi connectivity index (χ0) is 16.7. The van der Waals surface area contributed by atoms with Crippen molar-refractivity contribution in [2.45, 2.75) is 33.3 Å². The molecule has 1 amide bonds. The predicted octanol–water partition coefficient (Wildman–Crippen LogP) is 4.51. The van der Waals surface area contributed by atoms with Crippen molar-refractivity contribution in [3.8, 4) is 11.5 Å². The average molecular weight is 313 g/mol. The maximum atomic E-state index is 12.4. The van der Waals surface area contributed by atoms with Crippen LogP contribution in [0.3, 0.4) is 0 Å². The van der Waals surface area contributed by atoms with Crippen LogP contribution in [0.15, 0.2) is 48.5 Å². The lowest BCUT2D eigenvalue weighted by atomic mass is 10.2. The number of anilines is 1. The Balaban J connectivity index is 2.08. The van der Waals surface area contributed by atoms with Crippen LogP contribution in [0.4, 0.5) is 5.69 Å². The second-order valence-electron chi connectivity index (χ2n) is 5.28. The van der Waals surface area contributed by atoms with E-state index in [1.807, 2.05) is 50.2 Å². The quantitative estimate of drug-likeness (QED) is 0.818. The first-order valence-electron chi connectivity index (χ1n) is 7.93. The zero-order valence-corrected chi connectivity index (χ0v) is 13.8.